The van der Waals surface area contributed by atoms with Crippen molar-refractivity contribution < 1.29 is 114 Å². The van der Waals surface area contributed by atoms with Crippen molar-refractivity contribution in [1.29, 1.82) is 0 Å². The van der Waals surface area contributed by atoms with Gasteiger partial charge in [-0.15, -0.1) is 0 Å². The Bertz CT molecular complexity index is 2390. The molecular formula is C57H88O23. The van der Waals surface area contributed by atoms with E-state index in [1.54, 1.807) is 39.8 Å². The van der Waals surface area contributed by atoms with Crippen LogP contribution in [0.25, 0.3) is 0 Å². The summed E-state index contributed by atoms with van der Waals surface area (Å²) in [5.74, 6) is -4.01. The number of aliphatic carboxylic acids is 1. The lowest BCUT2D eigenvalue weighted by molar-refractivity contribution is -0.386. The minimum Gasteiger partial charge on any atom is -0.479 e. The molecule has 0 aromatic heterocycles. The molecule has 3 heterocycles. The minimum atomic E-state index is -2.13. The number of aliphatic hydroxyl groups is 11. The first-order valence-electron chi connectivity index (χ1n) is 28.1. The highest BCUT2D eigenvalue weighted by Crippen LogP contribution is 2.76. The van der Waals surface area contributed by atoms with E-state index in [9.17, 15) is 75.7 Å². The third-order valence-corrected chi connectivity index (χ3v) is 21.4. The summed E-state index contributed by atoms with van der Waals surface area (Å²) >= 11 is 0. The fourth-order valence-electron chi connectivity index (χ4n) is 16.2. The van der Waals surface area contributed by atoms with Crippen LogP contribution < -0.4 is 0 Å². The molecule has 23 heteroatoms. The Hall–Kier alpha value is -3.05. The average Bonchev–Trinajstić information content (AvgIpc) is 3.81. The first kappa shape index (κ1) is 63.0. The second kappa shape index (κ2) is 22.7. The number of aliphatic hydroxyl groups excluding tert-OH is 11. The van der Waals surface area contributed by atoms with Crippen LogP contribution in [0, 0.1) is 50.2 Å². The number of allylic oxidation sites excluding steroid dienone is 3. The minimum absolute atomic E-state index is 0.153. The van der Waals surface area contributed by atoms with Gasteiger partial charge in [-0.2, -0.15) is 0 Å². The Morgan fingerprint density at radius 1 is 0.637 bits per heavy atom. The summed E-state index contributed by atoms with van der Waals surface area (Å²) in [4.78, 5) is 40.3. The molecule has 23 nitrogen and oxygen atoms in total. The number of carboxylic acid groups (broad SMARTS) is 1. The fourth-order valence-corrected chi connectivity index (χ4v) is 16.2. The molecule has 4 saturated carbocycles. The summed E-state index contributed by atoms with van der Waals surface area (Å²) in [6, 6.07) is 0. The Kier molecular flexibility index (Phi) is 17.9. The molecule has 26 atom stereocenters. The summed E-state index contributed by atoms with van der Waals surface area (Å²) in [5, 5.41) is 134. The largest absolute Gasteiger partial charge is 0.479 e. The predicted octanol–water partition coefficient (Wildman–Crippen LogP) is 0.263. The van der Waals surface area contributed by atoms with Crippen molar-refractivity contribution in [2.75, 3.05) is 19.8 Å². The van der Waals surface area contributed by atoms with E-state index in [0.29, 0.717) is 37.7 Å². The predicted molar refractivity (Wildman–Crippen MR) is 277 cm³/mol. The van der Waals surface area contributed by atoms with Crippen LogP contribution in [-0.4, -0.2) is 216 Å². The van der Waals surface area contributed by atoms with Gasteiger partial charge < -0.3 is 99.2 Å². The van der Waals surface area contributed by atoms with E-state index in [4.69, 9.17) is 37.9 Å². The summed E-state index contributed by atoms with van der Waals surface area (Å²) in [5.41, 5.74) is -4.40. The van der Waals surface area contributed by atoms with E-state index >= 15 is 0 Å². The van der Waals surface area contributed by atoms with Gasteiger partial charge in [-0.05, 0) is 100 Å². The van der Waals surface area contributed by atoms with Crippen molar-refractivity contribution in [3.05, 3.63) is 34.9 Å². The molecule has 0 amide bonds. The summed E-state index contributed by atoms with van der Waals surface area (Å²) in [6.45, 7) is 18.4. The van der Waals surface area contributed by atoms with Gasteiger partial charge in [-0.25, -0.2) is 14.4 Å². The Morgan fingerprint density at radius 2 is 1.18 bits per heavy atom. The molecule has 5 aliphatic carbocycles. The summed E-state index contributed by atoms with van der Waals surface area (Å²) in [7, 11) is 0. The molecule has 0 aromatic rings. The zero-order valence-electron chi connectivity index (χ0n) is 47.7. The number of carbonyl (C=O) groups is 3. The number of esters is 2. The maximum Gasteiger partial charge on any atom is 0.335 e. The van der Waals surface area contributed by atoms with E-state index in [1.165, 1.54) is 0 Å². The van der Waals surface area contributed by atoms with Crippen LogP contribution in [0.2, 0.25) is 0 Å². The van der Waals surface area contributed by atoms with Crippen LogP contribution >= 0.6 is 0 Å². The van der Waals surface area contributed by atoms with Crippen molar-refractivity contribution in [2.24, 2.45) is 50.2 Å². The molecule has 8 rings (SSSR count). The van der Waals surface area contributed by atoms with Crippen molar-refractivity contribution in [3.63, 3.8) is 0 Å². The maximum absolute atomic E-state index is 13.9. The van der Waals surface area contributed by atoms with E-state index < -0.39 is 193 Å². The number of ether oxygens (including phenoxy) is 8. The van der Waals surface area contributed by atoms with E-state index in [1.807, 2.05) is 34.6 Å². The van der Waals surface area contributed by atoms with E-state index in [-0.39, 0.29) is 23.8 Å². The van der Waals surface area contributed by atoms with Gasteiger partial charge in [-0.1, -0.05) is 72.3 Å². The zero-order chi connectivity index (χ0) is 59.3. The van der Waals surface area contributed by atoms with Gasteiger partial charge in [0.25, 0.3) is 0 Å². The molecule has 0 spiro atoms. The van der Waals surface area contributed by atoms with Gasteiger partial charge >= 0.3 is 17.9 Å². The number of carbonyl (C=O) groups excluding carboxylic acids is 2. The van der Waals surface area contributed by atoms with Crippen LogP contribution in [0.4, 0.5) is 0 Å². The van der Waals surface area contributed by atoms with Crippen molar-refractivity contribution in [3.8, 4) is 0 Å². The van der Waals surface area contributed by atoms with E-state index in [2.05, 4.69) is 19.9 Å². The standard InChI is InChI=1S/C57H88O23/c1-12-24(3)47(71)79-44-45(80-48(72)25(4)13-2)57(23-60)27(20-52(44,5)6)26-14-15-31-54(9)18-17-32(53(7,8)30(54)16-19-55(31,10)56(26,11)42(67)43(57)68)75-51-41(78-50-37(65)35(63)33(61)28(21-58)73-50)39(38(66)40(77-51)46(69)70)76-49-36(64)34(62)29(22-59)74-49/h12-14,27-45,49-51,58-68H,15-23H2,1-11H3,(H,69,70)/b24-12+,25-13+/t27-,28+,29-,30-,31+,32-,33-,34-,35-,36+,37+,38-,39-,40-,41+,42-,43+,44-,45-,49-,50-,51+,54-,55+,56-,57-/m0/s1. The third-order valence-electron chi connectivity index (χ3n) is 21.4. The molecule has 454 valence electrons. The molecule has 7 fully saturated rings. The number of fused-ring (bicyclic) bond motifs is 7. The molecule has 0 bridgehead atoms. The highest BCUT2D eigenvalue weighted by molar-refractivity contribution is 5.89. The van der Waals surface area contributed by atoms with Crippen LogP contribution in [0.15, 0.2) is 34.9 Å². The topological polar surface area (TPSA) is 368 Å². The van der Waals surface area contributed by atoms with E-state index in [0.717, 1.165) is 5.57 Å². The Labute approximate surface area is 466 Å². The van der Waals surface area contributed by atoms with Gasteiger partial charge in [0.1, 0.15) is 67.1 Å². The molecule has 0 radical (unpaired) electrons. The highest BCUT2D eigenvalue weighted by atomic mass is 16.8. The average molecular weight is 1140 g/mol. The van der Waals surface area contributed by atoms with Gasteiger partial charge in [0.15, 0.2) is 31.1 Å². The molecule has 12 N–H and O–H groups in total. The van der Waals surface area contributed by atoms with Crippen LogP contribution in [-0.2, 0) is 52.3 Å². The number of carboxylic acids is 1. The van der Waals surface area contributed by atoms with Gasteiger partial charge in [0, 0.05) is 22.0 Å². The molecule has 8 aliphatic rings. The summed E-state index contributed by atoms with van der Waals surface area (Å²) in [6.07, 6.45) is -24.0. The molecule has 3 saturated heterocycles. The number of hydrogen-bond donors (Lipinski definition) is 12. The first-order valence-corrected chi connectivity index (χ1v) is 28.1. The summed E-state index contributed by atoms with van der Waals surface area (Å²) < 4.78 is 49.0. The lowest BCUT2D eigenvalue weighted by Crippen LogP contribution is -2.76. The van der Waals surface area contributed by atoms with Crippen molar-refractivity contribution in [2.45, 2.75) is 231 Å². The van der Waals surface area contributed by atoms with Crippen LogP contribution in [0.5, 0.6) is 0 Å². The van der Waals surface area contributed by atoms with Crippen molar-refractivity contribution in [1.82, 2.24) is 0 Å². The van der Waals surface area contributed by atoms with Gasteiger partial charge in [0.2, 0.25) is 0 Å². The van der Waals surface area contributed by atoms with Crippen molar-refractivity contribution >= 4 is 17.9 Å². The molecule has 3 aliphatic heterocycles. The molecule has 0 unspecified atom stereocenters. The monoisotopic (exact) mass is 1140 g/mol. The normalized spacial score (nSPS) is 49.0. The smallest absolute Gasteiger partial charge is 0.335 e. The van der Waals surface area contributed by atoms with Gasteiger partial charge in [0.05, 0.1) is 43.5 Å². The number of hydrogen-bond acceptors (Lipinski definition) is 22. The SMILES string of the molecule is C/C=C(\C)C(=O)O[C@H]1[C@H](OC(=O)/C(C)=C/C)[C@]2(CO)[C@H](O)[C@H](O)[C@]3(C)C(=CC[C@@H]4[C@@]5(C)CC[C@H](O[C@@H]6O[C@H](C(=O)O)[C@@H](O)[C@H](O[C@@H]7O[C@@H](CO)[C@H](O)[C@H]7O)[C@H]6O[C@@H]6O[C@H](CO)[C@H](O)[C@H](O)[C@H]6O)C(C)(C)[C@@H]5CC[C@]43C)[C@@H]2CC1(C)C. The molecule has 80 heavy (non-hydrogen) atoms. The Morgan fingerprint density at radius 3 is 1.71 bits per heavy atom. The maximum atomic E-state index is 13.9. The molecular weight excluding hydrogens is 1050 g/mol. The fraction of sp³-hybridized carbons (Fsp3) is 0.842. The lowest BCUT2D eigenvalue weighted by Gasteiger charge is -2.73. The van der Waals surface area contributed by atoms with Gasteiger partial charge in [-0.3, -0.25) is 0 Å². The second-order valence-corrected chi connectivity index (χ2v) is 26.0. The first-order chi connectivity index (χ1) is 37.3. The highest BCUT2D eigenvalue weighted by Gasteiger charge is 2.76. The Balaban J connectivity index is 1.14. The number of rotatable bonds is 14. The lowest BCUT2D eigenvalue weighted by atomic mass is 9.32. The second-order valence-electron chi connectivity index (χ2n) is 26.0. The van der Waals surface area contributed by atoms with Crippen LogP contribution in [0.3, 0.4) is 0 Å². The zero-order valence-corrected chi connectivity index (χ0v) is 47.7. The third kappa shape index (κ3) is 9.76. The van der Waals surface area contributed by atoms with Crippen LogP contribution in [0.1, 0.15) is 115 Å². The quantitative estimate of drug-likeness (QED) is 0.0480. The molecule has 0 aromatic carbocycles.